The first-order valence-corrected chi connectivity index (χ1v) is 12.2. The van der Waals surface area contributed by atoms with Crippen molar-refractivity contribution in [2.24, 2.45) is 5.92 Å². The van der Waals surface area contributed by atoms with Crippen molar-refractivity contribution in [1.29, 1.82) is 0 Å². The molecule has 0 radical (unpaired) electrons. The quantitative estimate of drug-likeness (QED) is 0.292. The van der Waals surface area contributed by atoms with Crippen LogP contribution in [0.5, 0.6) is 0 Å². The molecule has 33 heavy (non-hydrogen) atoms. The summed E-state index contributed by atoms with van der Waals surface area (Å²) >= 11 is 0. The number of rotatable bonds is 7. The number of oxazole rings is 1. The molecule has 0 bridgehead atoms. The van der Waals surface area contributed by atoms with Crippen LogP contribution in [-0.2, 0) is 12.8 Å². The van der Waals surface area contributed by atoms with Crippen molar-refractivity contribution in [2.75, 3.05) is 0 Å². The Morgan fingerprint density at radius 1 is 0.848 bits per heavy atom. The first kappa shape index (κ1) is 21.5. The molecule has 3 aromatic carbocycles. The number of aryl methyl sites for hydroxylation is 1. The molecule has 1 unspecified atom stereocenters. The van der Waals surface area contributed by atoms with Gasteiger partial charge in [0.15, 0.2) is 5.76 Å². The zero-order valence-corrected chi connectivity index (χ0v) is 19.3. The number of benzene rings is 3. The number of nitrogens with zero attached hydrogens (tertiary/aromatic N) is 1. The second-order valence-electron chi connectivity index (χ2n) is 8.99. The van der Waals surface area contributed by atoms with E-state index < -0.39 is 0 Å². The normalized spacial score (nSPS) is 15.9. The van der Waals surface area contributed by atoms with Crippen LogP contribution < -0.4 is 0 Å². The van der Waals surface area contributed by atoms with E-state index in [2.05, 4.69) is 85.8 Å². The maximum Gasteiger partial charge on any atom is 0.223 e. The fourth-order valence-electron chi connectivity index (χ4n) is 4.92. The van der Waals surface area contributed by atoms with E-state index in [0.29, 0.717) is 5.92 Å². The zero-order chi connectivity index (χ0) is 22.5. The highest BCUT2D eigenvalue weighted by molar-refractivity contribution is 5.79. The lowest BCUT2D eigenvalue weighted by atomic mass is 9.83. The van der Waals surface area contributed by atoms with Crippen LogP contribution in [-0.4, -0.2) is 4.98 Å². The summed E-state index contributed by atoms with van der Waals surface area (Å²) in [6.45, 7) is 2.24. The van der Waals surface area contributed by atoms with Gasteiger partial charge in [-0.2, -0.15) is 0 Å². The van der Waals surface area contributed by atoms with Crippen LogP contribution >= 0.6 is 0 Å². The van der Waals surface area contributed by atoms with E-state index in [1.807, 2.05) is 12.1 Å². The monoisotopic (exact) mass is 433 g/mol. The topological polar surface area (TPSA) is 26.0 Å². The Bertz CT molecular complexity index is 1160. The van der Waals surface area contributed by atoms with Gasteiger partial charge in [0.05, 0.1) is 0 Å². The van der Waals surface area contributed by atoms with Gasteiger partial charge in [0.1, 0.15) is 5.69 Å². The van der Waals surface area contributed by atoms with E-state index in [4.69, 9.17) is 9.40 Å². The van der Waals surface area contributed by atoms with Gasteiger partial charge in [-0.15, -0.1) is 0 Å². The van der Waals surface area contributed by atoms with Gasteiger partial charge >= 0.3 is 0 Å². The molecule has 1 heterocycles. The molecule has 0 spiro atoms. The van der Waals surface area contributed by atoms with E-state index in [1.165, 1.54) is 36.0 Å². The molecule has 0 saturated carbocycles. The zero-order valence-electron chi connectivity index (χ0n) is 19.3. The van der Waals surface area contributed by atoms with Crippen LogP contribution in [0.2, 0.25) is 0 Å². The van der Waals surface area contributed by atoms with E-state index in [9.17, 15) is 0 Å². The highest BCUT2D eigenvalue weighted by Gasteiger charge is 2.26. The first-order valence-electron chi connectivity index (χ1n) is 12.2. The molecule has 0 aliphatic heterocycles. The minimum atomic E-state index is 0.432. The summed E-state index contributed by atoms with van der Waals surface area (Å²) in [6, 6.07) is 29.8. The SMILES string of the molecule is CCCc1cccc(CC2CCCC=C2c2nc(-c3ccccc3)c(-c3ccccc3)o2)c1. The predicted octanol–water partition coefficient (Wildman–Crippen LogP) is 8.39. The van der Waals surface area contributed by atoms with Crippen LogP contribution in [0.4, 0.5) is 0 Å². The van der Waals surface area contributed by atoms with Gasteiger partial charge in [-0.1, -0.05) is 104 Å². The molecule has 5 rings (SSSR count). The molecule has 166 valence electrons. The summed E-state index contributed by atoms with van der Waals surface area (Å²) in [5, 5.41) is 0. The Kier molecular flexibility index (Phi) is 6.53. The fraction of sp³-hybridized carbons (Fsp3) is 0.258. The maximum atomic E-state index is 6.55. The minimum absolute atomic E-state index is 0.432. The van der Waals surface area contributed by atoms with Gasteiger partial charge in [-0.25, -0.2) is 4.98 Å². The van der Waals surface area contributed by atoms with Crippen molar-refractivity contribution in [1.82, 2.24) is 4.98 Å². The van der Waals surface area contributed by atoms with Crippen molar-refractivity contribution in [3.05, 3.63) is 108 Å². The van der Waals surface area contributed by atoms with Crippen molar-refractivity contribution in [3.8, 4) is 22.6 Å². The largest absolute Gasteiger partial charge is 0.436 e. The number of allylic oxidation sites excluding steroid dienone is 2. The Labute approximate surface area is 197 Å². The molecule has 0 fully saturated rings. The van der Waals surface area contributed by atoms with Gasteiger partial charge in [-0.05, 0) is 49.1 Å². The van der Waals surface area contributed by atoms with E-state index >= 15 is 0 Å². The Morgan fingerprint density at radius 2 is 1.58 bits per heavy atom. The summed E-state index contributed by atoms with van der Waals surface area (Å²) in [5.74, 6) is 2.07. The van der Waals surface area contributed by atoms with Crippen LogP contribution in [0.3, 0.4) is 0 Å². The second kappa shape index (κ2) is 10.0. The Hall–Kier alpha value is -3.39. The molecule has 4 aromatic rings. The summed E-state index contributed by atoms with van der Waals surface area (Å²) < 4.78 is 6.55. The standard InChI is InChI=1S/C31H31NO/c1-2-12-23-13-11-14-24(21-23)22-27-19-9-10-20-28(27)31-32-29(25-15-5-3-6-16-25)30(33-31)26-17-7-4-8-18-26/h3-8,11,13-18,20-21,27H,2,9-10,12,19,22H2,1H3. The van der Waals surface area contributed by atoms with Crippen LogP contribution in [0, 0.1) is 5.92 Å². The maximum absolute atomic E-state index is 6.55. The molecule has 1 aliphatic carbocycles. The molecule has 2 heteroatoms. The summed E-state index contributed by atoms with van der Waals surface area (Å²) in [6.07, 6.45) is 9.20. The molecular formula is C31H31NO. The van der Waals surface area contributed by atoms with E-state index in [0.717, 1.165) is 47.7 Å². The van der Waals surface area contributed by atoms with Gasteiger partial charge in [-0.3, -0.25) is 0 Å². The van der Waals surface area contributed by atoms with Gasteiger partial charge in [0, 0.05) is 16.7 Å². The second-order valence-corrected chi connectivity index (χ2v) is 8.99. The Balaban J connectivity index is 1.51. The van der Waals surface area contributed by atoms with E-state index in [1.54, 1.807) is 0 Å². The lowest BCUT2D eigenvalue weighted by Crippen LogP contribution is -2.11. The molecule has 1 aliphatic rings. The third-order valence-corrected chi connectivity index (χ3v) is 6.53. The molecule has 1 aromatic heterocycles. The molecule has 2 nitrogen and oxygen atoms in total. The number of hydrogen-bond acceptors (Lipinski definition) is 2. The van der Waals surface area contributed by atoms with Gasteiger partial charge in [0.25, 0.3) is 0 Å². The average molecular weight is 434 g/mol. The third-order valence-electron chi connectivity index (χ3n) is 6.53. The third kappa shape index (κ3) is 4.85. The molecule has 0 N–H and O–H groups in total. The molecular weight excluding hydrogens is 402 g/mol. The van der Waals surface area contributed by atoms with Crippen LogP contribution in [0.15, 0.2) is 95.4 Å². The van der Waals surface area contributed by atoms with Gasteiger partial charge in [0.2, 0.25) is 5.89 Å². The lowest BCUT2D eigenvalue weighted by Gasteiger charge is -2.22. The predicted molar refractivity (Wildman–Crippen MR) is 137 cm³/mol. The van der Waals surface area contributed by atoms with Crippen molar-refractivity contribution >= 4 is 5.57 Å². The molecule has 0 amide bonds. The Morgan fingerprint density at radius 3 is 2.33 bits per heavy atom. The highest BCUT2D eigenvalue weighted by Crippen LogP contribution is 2.40. The minimum Gasteiger partial charge on any atom is -0.436 e. The smallest absolute Gasteiger partial charge is 0.223 e. The summed E-state index contributed by atoms with van der Waals surface area (Å²) in [5.41, 5.74) is 7.19. The highest BCUT2D eigenvalue weighted by atomic mass is 16.4. The fourth-order valence-corrected chi connectivity index (χ4v) is 4.92. The van der Waals surface area contributed by atoms with Crippen molar-refractivity contribution < 1.29 is 4.42 Å². The summed E-state index contributed by atoms with van der Waals surface area (Å²) in [7, 11) is 0. The van der Waals surface area contributed by atoms with Crippen LogP contribution in [0.1, 0.15) is 49.6 Å². The number of aromatic nitrogens is 1. The molecule has 1 atom stereocenters. The van der Waals surface area contributed by atoms with E-state index in [-0.39, 0.29) is 0 Å². The van der Waals surface area contributed by atoms with Crippen molar-refractivity contribution in [3.63, 3.8) is 0 Å². The molecule has 0 saturated heterocycles. The number of hydrogen-bond donors (Lipinski definition) is 0. The average Bonchev–Trinajstić information content (AvgIpc) is 3.31. The van der Waals surface area contributed by atoms with Crippen molar-refractivity contribution in [2.45, 2.75) is 45.4 Å². The first-order chi connectivity index (χ1) is 16.3. The van der Waals surface area contributed by atoms with Crippen LogP contribution in [0.25, 0.3) is 28.2 Å². The lowest BCUT2D eigenvalue weighted by molar-refractivity contribution is 0.504. The summed E-state index contributed by atoms with van der Waals surface area (Å²) in [4.78, 5) is 5.08. The van der Waals surface area contributed by atoms with Gasteiger partial charge < -0.3 is 4.42 Å².